The van der Waals surface area contributed by atoms with Gasteiger partial charge < -0.3 is 21.1 Å². The van der Waals surface area contributed by atoms with Gasteiger partial charge in [-0.2, -0.15) is 0 Å². The second kappa shape index (κ2) is 3.93. The maximum Gasteiger partial charge on any atom is 0.320 e. The Morgan fingerprint density at radius 3 is 2.29 bits per heavy atom. The van der Waals surface area contributed by atoms with Crippen LogP contribution in [0.4, 0.5) is 0 Å². The van der Waals surface area contributed by atoms with Crippen LogP contribution in [-0.4, -0.2) is 39.9 Å². The Balaban J connectivity index is 2.62. The van der Waals surface area contributed by atoms with Crippen LogP contribution in [0.1, 0.15) is 6.42 Å². The van der Waals surface area contributed by atoms with Crippen LogP contribution in [0.25, 0.3) is 0 Å². The van der Waals surface area contributed by atoms with Crippen molar-refractivity contribution in [1.82, 2.24) is 0 Å². The quantitative estimate of drug-likeness (QED) is 0.442. The van der Waals surface area contributed by atoms with Crippen molar-refractivity contribution in [1.29, 1.82) is 0 Å². The van der Waals surface area contributed by atoms with Gasteiger partial charge in [0.15, 0.2) is 0 Å². The molecule has 1 fully saturated rings. The molecular weight excluding hydrogens is 190 g/mol. The van der Waals surface area contributed by atoms with Gasteiger partial charge in [-0.1, -0.05) is 0 Å². The topological polar surface area (TPSA) is 121 Å². The third kappa shape index (κ3) is 1.85. The lowest BCUT2D eigenvalue weighted by Crippen LogP contribution is -2.34. The SMILES string of the molecule is NC(C(=O)O)[C@H]1[C@@H](CCO)[C@@H]1C(=O)O. The predicted molar refractivity (Wildman–Crippen MR) is 45.4 cm³/mol. The molecule has 5 N–H and O–H groups in total. The molecule has 6 heteroatoms. The first-order valence-electron chi connectivity index (χ1n) is 4.32. The van der Waals surface area contributed by atoms with Crippen LogP contribution in [0.15, 0.2) is 0 Å². The fourth-order valence-corrected chi connectivity index (χ4v) is 1.92. The molecule has 1 aliphatic carbocycles. The molecule has 1 aliphatic rings. The second-order valence-electron chi connectivity index (χ2n) is 3.48. The van der Waals surface area contributed by atoms with Crippen molar-refractivity contribution in [2.24, 2.45) is 23.5 Å². The van der Waals surface area contributed by atoms with Gasteiger partial charge in [0.1, 0.15) is 6.04 Å². The first-order chi connectivity index (χ1) is 6.50. The van der Waals surface area contributed by atoms with E-state index in [0.29, 0.717) is 6.42 Å². The number of hydrogen-bond acceptors (Lipinski definition) is 4. The number of hydrogen-bond donors (Lipinski definition) is 4. The summed E-state index contributed by atoms with van der Waals surface area (Å²) in [6.45, 7) is -0.142. The van der Waals surface area contributed by atoms with Crippen LogP contribution < -0.4 is 5.73 Å². The highest BCUT2D eigenvalue weighted by molar-refractivity contribution is 5.80. The molecule has 4 atom stereocenters. The van der Waals surface area contributed by atoms with Gasteiger partial charge in [0.25, 0.3) is 0 Å². The normalized spacial score (nSPS) is 32.3. The molecule has 0 amide bonds. The monoisotopic (exact) mass is 203 g/mol. The number of aliphatic carboxylic acids is 2. The molecule has 0 bridgehead atoms. The lowest BCUT2D eigenvalue weighted by atomic mass is 10.1. The van der Waals surface area contributed by atoms with Crippen LogP contribution in [0.2, 0.25) is 0 Å². The summed E-state index contributed by atoms with van der Waals surface area (Å²) in [6.07, 6.45) is 0.294. The Hall–Kier alpha value is -1.14. The molecule has 80 valence electrons. The molecule has 0 spiro atoms. The highest BCUT2D eigenvalue weighted by Gasteiger charge is 2.58. The number of carboxylic acids is 2. The predicted octanol–water partition coefficient (Wildman–Crippen LogP) is -1.27. The average molecular weight is 203 g/mol. The van der Waals surface area contributed by atoms with E-state index in [-0.39, 0.29) is 12.5 Å². The molecule has 6 nitrogen and oxygen atoms in total. The minimum absolute atomic E-state index is 0.142. The lowest BCUT2D eigenvalue weighted by molar-refractivity contribution is -0.140. The summed E-state index contributed by atoms with van der Waals surface area (Å²) < 4.78 is 0. The van der Waals surface area contributed by atoms with Crippen LogP contribution in [0.3, 0.4) is 0 Å². The molecule has 0 heterocycles. The molecular formula is C8H13NO5. The van der Waals surface area contributed by atoms with E-state index < -0.39 is 29.8 Å². The highest BCUT2D eigenvalue weighted by Crippen LogP contribution is 2.50. The molecule has 0 aromatic carbocycles. The summed E-state index contributed by atoms with van der Waals surface area (Å²) in [5, 5.41) is 26.0. The van der Waals surface area contributed by atoms with Gasteiger partial charge in [-0.15, -0.1) is 0 Å². The summed E-state index contributed by atoms with van der Waals surface area (Å²) in [4.78, 5) is 21.2. The summed E-state index contributed by atoms with van der Waals surface area (Å²) in [6, 6.07) is -1.15. The van der Waals surface area contributed by atoms with Gasteiger partial charge in [0.05, 0.1) is 5.92 Å². The van der Waals surface area contributed by atoms with E-state index in [4.69, 9.17) is 21.1 Å². The lowest BCUT2D eigenvalue weighted by Gasteiger charge is -2.03. The van der Waals surface area contributed by atoms with E-state index >= 15 is 0 Å². The van der Waals surface area contributed by atoms with Gasteiger partial charge >= 0.3 is 11.9 Å². The standard InChI is InChI=1S/C8H13NO5/c9-6(8(13)14)4-3(1-2-10)5(4)7(11)12/h3-6,10H,1-2,9H2,(H,11,12)(H,13,14)/t3-,4+,5+,6?/m1/s1. The minimum Gasteiger partial charge on any atom is -0.481 e. The molecule has 0 aromatic rings. The Kier molecular flexibility index (Phi) is 3.07. The molecule has 14 heavy (non-hydrogen) atoms. The number of carboxylic acid groups (broad SMARTS) is 2. The largest absolute Gasteiger partial charge is 0.481 e. The molecule has 1 unspecified atom stereocenters. The molecule has 0 aromatic heterocycles. The molecule has 0 radical (unpaired) electrons. The van der Waals surface area contributed by atoms with Crippen molar-refractivity contribution in [2.45, 2.75) is 12.5 Å². The van der Waals surface area contributed by atoms with Crippen molar-refractivity contribution >= 4 is 11.9 Å². The Morgan fingerprint density at radius 1 is 1.36 bits per heavy atom. The first kappa shape index (κ1) is 10.9. The summed E-state index contributed by atoms with van der Waals surface area (Å²) in [5.74, 6) is -3.79. The second-order valence-corrected chi connectivity index (χ2v) is 3.48. The van der Waals surface area contributed by atoms with E-state index in [1.165, 1.54) is 0 Å². The third-order valence-electron chi connectivity index (χ3n) is 2.68. The summed E-state index contributed by atoms with van der Waals surface area (Å²) in [7, 11) is 0. The Bertz CT molecular complexity index is 254. The van der Waals surface area contributed by atoms with Crippen LogP contribution in [0, 0.1) is 17.8 Å². The van der Waals surface area contributed by atoms with E-state index in [1.807, 2.05) is 0 Å². The zero-order valence-electron chi connectivity index (χ0n) is 7.46. The van der Waals surface area contributed by atoms with Gasteiger partial charge in [0.2, 0.25) is 0 Å². The maximum atomic E-state index is 10.7. The maximum absolute atomic E-state index is 10.7. The van der Waals surface area contributed by atoms with Gasteiger partial charge in [-0.25, -0.2) is 0 Å². The molecule has 1 saturated carbocycles. The summed E-state index contributed by atoms with van der Waals surface area (Å²) in [5.41, 5.74) is 5.33. The first-order valence-corrected chi connectivity index (χ1v) is 4.32. The zero-order valence-corrected chi connectivity index (χ0v) is 7.46. The molecule has 0 aliphatic heterocycles. The van der Waals surface area contributed by atoms with Gasteiger partial charge in [-0.05, 0) is 12.3 Å². The van der Waals surface area contributed by atoms with Crippen LogP contribution in [0.5, 0.6) is 0 Å². The smallest absolute Gasteiger partial charge is 0.320 e. The minimum atomic E-state index is -1.19. The third-order valence-corrected chi connectivity index (χ3v) is 2.68. The summed E-state index contributed by atoms with van der Waals surface area (Å²) >= 11 is 0. The van der Waals surface area contributed by atoms with Crippen molar-refractivity contribution in [3.63, 3.8) is 0 Å². The number of aliphatic hydroxyl groups excluding tert-OH is 1. The van der Waals surface area contributed by atoms with Crippen LogP contribution in [-0.2, 0) is 9.59 Å². The highest BCUT2D eigenvalue weighted by atomic mass is 16.4. The fraction of sp³-hybridized carbons (Fsp3) is 0.750. The van der Waals surface area contributed by atoms with E-state index in [9.17, 15) is 9.59 Å². The Morgan fingerprint density at radius 2 is 1.93 bits per heavy atom. The number of nitrogens with two attached hydrogens (primary N) is 1. The van der Waals surface area contributed by atoms with Crippen LogP contribution >= 0.6 is 0 Å². The number of carbonyl (C=O) groups is 2. The zero-order chi connectivity index (χ0) is 10.9. The fourth-order valence-electron chi connectivity index (χ4n) is 1.92. The van der Waals surface area contributed by atoms with E-state index in [0.717, 1.165) is 0 Å². The number of aliphatic hydroxyl groups is 1. The van der Waals surface area contributed by atoms with Crippen molar-refractivity contribution in [3.05, 3.63) is 0 Å². The van der Waals surface area contributed by atoms with Crippen molar-refractivity contribution in [3.8, 4) is 0 Å². The average Bonchev–Trinajstić information content (AvgIpc) is 2.78. The van der Waals surface area contributed by atoms with Gasteiger partial charge in [-0.3, -0.25) is 9.59 Å². The van der Waals surface area contributed by atoms with E-state index in [2.05, 4.69) is 0 Å². The molecule has 1 rings (SSSR count). The van der Waals surface area contributed by atoms with Gasteiger partial charge in [0, 0.05) is 12.5 Å². The van der Waals surface area contributed by atoms with Crippen molar-refractivity contribution < 1.29 is 24.9 Å². The molecule has 0 saturated heterocycles. The van der Waals surface area contributed by atoms with E-state index in [1.54, 1.807) is 0 Å². The number of rotatable bonds is 5. The Labute approximate surface area is 80.3 Å². The van der Waals surface area contributed by atoms with Crippen molar-refractivity contribution in [2.75, 3.05) is 6.61 Å².